The summed E-state index contributed by atoms with van der Waals surface area (Å²) in [5.74, 6) is 0.00167. The number of hydrogen-bond acceptors (Lipinski definition) is 6. The Labute approximate surface area is 171 Å². The summed E-state index contributed by atoms with van der Waals surface area (Å²) in [6.45, 7) is 7.51. The minimum atomic E-state index is -0.807. The molecule has 8 heteroatoms. The third-order valence-electron chi connectivity index (χ3n) is 5.49. The number of fused-ring (bicyclic) bond motifs is 3. The number of nitrogens with zero attached hydrogens (tertiary/aromatic N) is 5. The molecule has 1 aromatic carbocycles. The van der Waals surface area contributed by atoms with E-state index < -0.39 is 5.66 Å². The molecule has 1 amide bonds. The lowest BCUT2D eigenvalue weighted by atomic mass is 9.90. The number of benzene rings is 1. The zero-order valence-corrected chi connectivity index (χ0v) is 16.7. The standard InChI is InChI=1S/C20H16ClN5OS/c1-12-18(28-24-23-12)13(2)25-9-10-26-19(27)16-7-8-22-11-17(16)20(25,26)14-3-5-15(21)6-4-14/h3-8,11H,2,9-10H2,1H3. The van der Waals surface area contributed by atoms with E-state index in [0.29, 0.717) is 23.7 Å². The Hall–Kier alpha value is -2.77. The predicted molar refractivity (Wildman–Crippen MR) is 108 cm³/mol. The van der Waals surface area contributed by atoms with E-state index in [2.05, 4.69) is 26.0 Å². The van der Waals surface area contributed by atoms with Gasteiger partial charge in [-0.25, -0.2) is 0 Å². The Kier molecular flexibility index (Phi) is 3.79. The lowest BCUT2D eigenvalue weighted by molar-refractivity contribution is 0.0587. The first-order chi connectivity index (χ1) is 13.5. The van der Waals surface area contributed by atoms with Crippen molar-refractivity contribution < 1.29 is 4.79 Å². The van der Waals surface area contributed by atoms with Crippen LogP contribution in [0.5, 0.6) is 0 Å². The third kappa shape index (κ3) is 2.14. The lowest BCUT2D eigenvalue weighted by Crippen LogP contribution is -2.48. The van der Waals surface area contributed by atoms with Crippen molar-refractivity contribution in [2.75, 3.05) is 13.1 Å². The largest absolute Gasteiger partial charge is 0.338 e. The van der Waals surface area contributed by atoms with Crippen LogP contribution < -0.4 is 0 Å². The van der Waals surface area contributed by atoms with Crippen LogP contribution >= 0.6 is 23.1 Å². The second kappa shape index (κ2) is 6.12. The fraction of sp³-hybridized carbons (Fsp3) is 0.200. The average Bonchev–Trinajstić information content (AvgIpc) is 3.37. The van der Waals surface area contributed by atoms with Crippen LogP contribution in [0.15, 0.2) is 49.3 Å². The van der Waals surface area contributed by atoms with E-state index in [9.17, 15) is 4.79 Å². The Morgan fingerprint density at radius 2 is 2.04 bits per heavy atom. The molecule has 2 aliphatic heterocycles. The summed E-state index contributed by atoms with van der Waals surface area (Å²) in [5.41, 5.74) is 3.30. The molecule has 1 unspecified atom stereocenters. The van der Waals surface area contributed by atoms with Crippen LogP contribution in [0.2, 0.25) is 5.02 Å². The number of carbonyl (C=O) groups excluding carboxylic acids is 1. The van der Waals surface area contributed by atoms with Crippen molar-refractivity contribution in [1.29, 1.82) is 0 Å². The van der Waals surface area contributed by atoms with Crippen molar-refractivity contribution in [3.8, 4) is 0 Å². The number of hydrogen-bond donors (Lipinski definition) is 0. The number of carbonyl (C=O) groups is 1. The maximum absolute atomic E-state index is 13.2. The Bertz CT molecular complexity index is 1110. The minimum Gasteiger partial charge on any atom is -0.338 e. The van der Waals surface area contributed by atoms with Gasteiger partial charge in [0.05, 0.1) is 21.8 Å². The molecule has 6 nitrogen and oxygen atoms in total. The van der Waals surface area contributed by atoms with Crippen molar-refractivity contribution in [3.63, 3.8) is 0 Å². The second-order valence-electron chi connectivity index (χ2n) is 6.84. The van der Waals surface area contributed by atoms with E-state index in [4.69, 9.17) is 11.6 Å². The number of amides is 1. The molecule has 5 rings (SSSR count). The first-order valence-corrected chi connectivity index (χ1v) is 9.98. The number of pyridine rings is 1. The summed E-state index contributed by atoms with van der Waals surface area (Å²) in [7, 11) is 0. The van der Waals surface area contributed by atoms with Gasteiger partial charge >= 0.3 is 0 Å². The fourth-order valence-electron chi connectivity index (χ4n) is 4.31. The van der Waals surface area contributed by atoms with E-state index in [1.165, 1.54) is 11.5 Å². The predicted octanol–water partition coefficient (Wildman–Crippen LogP) is 3.54. The monoisotopic (exact) mass is 409 g/mol. The van der Waals surface area contributed by atoms with E-state index >= 15 is 0 Å². The molecule has 0 N–H and O–H groups in total. The van der Waals surface area contributed by atoms with Crippen LogP contribution in [0.1, 0.15) is 32.1 Å². The summed E-state index contributed by atoms with van der Waals surface area (Å²) in [6, 6.07) is 9.42. The molecule has 3 aromatic rings. The van der Waals surface area contributed by atoms with E-state index in [1.54, 1.807) is 18.5 Å². The Balaban J connectivity index is 1.77. The molecule has 4 heterocycles. The highest BCUT2D eigenvalue weighted by molar-refractivity contribution is 7.06. The number of rotatable bonds is 3. The van der Waals surface area contributed by atoms with Crippen LogP contribution in [-0.2, 0) is 5.66 Å². The van der Waals surface area contributed by atoms with E-state index in [-0.39, 0.29) is 5.91 Å². The summed E-state index contributed by atoms with van der Waals surface area (Å²) in [5, 5.41) is 4.78. The quantitative estimate of drug-likeness (QED) is 0.662. The highest BCUT2D eigenvalue weighted by Crippen LogP contribution is 2.52. The molecule has 2 aliphatic rings. The van der Waals surface area contributed by atoms with Gasteiger partial charge in [0.15, 0.2) is 5.66 Å². The zero-order chi connectivity index (χ0) is 19.5. The van der Waals surface area contributed by atoms with Crippen LogP contribution in [0.25, 0.3) is 5.70 Å². The highest BCUT2D eigenvalue weighted by Gasteiger charge is 2.59. The number of aromatic nitrogens is 3. The second-order valence-corrected chi connectivity index (χ2v) is 8.03. The van der Waals surface area contributed by atoms with Gasteiger partial charge in [-0.2, -0.15) is 0 Å². The van der Waals surface area contributed by atoms with Gasteiger partial charge in [-0.1, -0.05) is 34.8 Å². The van der Waals surface area contributed by atoms with Crippen molar-refractivity contribution in [3.05, 3.63) is 81.6 Å². The van der Waals surface area contributed by atoms with Crippen LogP contribution in [0.3, 0.4) is 0 Å². The third-order valence-corrected chi connectivity index (χ3v) is 6.62. The molecule has 0 saturated carbocycles. The normalized spacial score (nSPS) is 20.4. The fourth-order valence-corrected chi connectivity index (χ4v) is 5.07. The SMILES string of the molecule is C=C(c1snnc1C)N1CCN2C(=O)c3ccncc3C12c1ccc(Cl)cc1. The molecular formula is C20H16ClN5OS. The smallest absolute Gasteiger partial charge is 0.256 e. The molecule has 0 bridgehead atoms. The Morgan fingerprint density at radius 1 is 1.25 bits per heavy atom. The van der Waals surface area contributed by atoms with E-state index in [1.807, 2.05) is 36.1 Å². The Morgan fingerprint density at radius 3 is 2.75 bits per heavy atom. The van der Waals surface area contributed by atoms with Gasteiger partial charge in [0, 0.05) is 41.6 Å². The van der Waals surface area contributed by atoms with Gasteiger partial charge in [-0.05, 0) is 36.7 Å². The van der Waals surface area contributed by atoms with Crippen LogP contribution in [-0.4, -0.2) is 43.4 Å². The molecular weight excluding hydrogens is 394 g/mol. The van der Waals surface area contributed by atoms with Crippen molar-refractivity contribution >= 4 is 34.7 Å². The highest BCUT2D eigenvalue weighted by atomic mass is 35.5. The number of halogens is 1. The van der Waals surface area contributed by atoms with Crippen molar-refractivity contribution in [2.24, 2.45) is 0 Å². The first-order valence-electron chi connectivity index (χ1n) is 8.83. The van der Waals surface area contributed by atoms with Gasteiger partial charge < -0.3 is 9.80 Å². The van der Waals surface area contributed by atoms with Gasteiger partial charge in [-0.15, -0.1) is 5.10 Å². The first kappa shape index (κ1) is 17.3. The van der Waals surface area contributed by atoms with Gasteiger partial charge in [0.25, 0.3) is 5.91 Å². The van der Waals surface area contributed by atoms with Crippen molar-refractivity contribution in [2.45, 2.75) is 12.6 Å². The molecule has 1 saturated heterocycles. The average molecular weight is 410 g/mol. The number of aryl methyl sites for hydroxylation is 1. The molecule has 1 fully saturated rings. The molecule has 140 valence electrons. The molecule has 0 aliphatic carbocycles. The lowest BCUT2D eigenvalue weighted by Gasteiger charge is -2.42. The molecule has 0 radical (unpaired) electrons. The molecule has 28 heavy (non-hydrogen) atoms. The molecule has 2 aromatic heterocycles. The van der Waals surface area contributed by atoms with Gasteiger partial charge in [0.1, 0.15) is 0 Å². The summed E-state index contributed by atoms with van der Waals surface area (Å²) in [4.78, 5) is 22.6. The van der Waals surface area contributed by atoms with Crippen LogP contribution in [0.4, 0.5) is 0 Å². The summed E-state index contributed by atoms with van der Waals surface area (Å²) >= 11 is 7.46. The maximum Gasteiger partial charge on any atom is 0.256 e. The van der Waals surface area contributed by atoms with Crippen LogP contribution in [0, 0.1) is 6.92 Å². The summed E-state index contributed by atoms with van der Waals surface area (Å²) < 4.78 is 4.06. The molecule has 1 atom stereocenters. The summed E-state index contributed by atoms with van der Waals surface area (Å²) in [6.07, 6.45) is 3.44. The van der Waals surface area contributed by atoms with E-state index in [0.717, 1.165) is 27.4 Å². The van der Waals surface area contributed by atoms with Crippen molar-refractivity contribution in [1.82, 2.24) is 24.4 Å². The maximum atomic E-state index is 13.2. The van der Waals surface area contributed by atoms with Gasteiger partial charge in [0.2, 0.25) is 0 Å². The molecule has 0 spiro atoms. The minimum absolute atomic E-state index is 0.00167. The zero-order valence-electron chi connectivity index (χ0n) is 15.1. The van der Waals surface area contributed by atoms with Gasteiger partial charge in [-0.3, -0.25) is 9.78 Å². The topological polar surface area (TPSA) is 62.2 Å².